The molecule has 0 aliphatic rings. The first-order valence-corrected chi connectivity index (χ1v) is 15.6. The number of methoxy groups -OCH3 is 1. The van der Waals surface area contributed by atoms with E-state index in [-0.39, 0.29) is 4.75 Å². The molecule has 0 radical (unpaired) electrons. The molecule has 0 amide bonds. The van der Waals surface area contributed by atoms with Gasteiger partial charge in [-0.2, -0.15) is 0 Å². The highest BCUT2D eigenvalue weighted by atomic mass is 32.2. The van der Waals surface area contributed by atoms with Gasteiger partial charge in [-0.1, -0.05) is 130 Å². The van der Waals surface area contributed by atoms with Crippen LogP contribution in [0.3, 0.4) is 0 Å². The Morgan fingerprint density at radius 3 is 1.93 bits per heavy atom. The van der Waals surface area contributed by atoms with Gasteiger partial charge < -0.3 is 4.74 Å². The quantitative estimate of drug-likeness (QED) is 0.108. The second kappa shape index (κ2) is 12.7. The molecule has 0 spiro atoms. The van der Waals surface area contributed by atoms with Crippen molar-refractivity contribution in [2.75, 3.05) is 7.11 Å². The van der Waals surface area contributed by atoms with Gasteiger partial charge in [0.1, 0.15) is 5.75 Å². The molecule has 0 unspecified atom stereocenters. The van der Waals surface area contributed by atoms with E-state index in [1.165, 1.54) is 20.8 Å². The lowest BCUT2D eigenvalue weighted by Crippen LogP contribution is -2.23. The monoisotopic (exact) mass is 559 g/mol. The van der Waals surface area contributed by atoms with Gasteiger partial charge in [-0.05, 0) is 42.0 Å². The molecule has 0 bridgehead atoms. The topological polar surface area (TPSA) is 21.6 Å². The standard InChI is InChI=1S/C36H34NOPS/c1-36(2,3)40-34-25-15-23-32(38-4)35(34)30-21-12-13-22-31(30)37-26-27-16-11-14-24-33(27)39(28-17-7-5-8-18-28)29-19-9-6-10-20-29/h5-26H,1-4H3. The Morgan fingerprint density at radius 1 is 0.675 bits per heavy atom. The average Bonchev–Trinajstić information content (AvgIpc) is 2.97. The lowest BCUT2D eigenvalue weighted by molar-refractivity contribution is 0.415. The summed E-state index contributed by atoms with van der Waals surface area (Å²) in [4.78, 5) is 6.30. The molecule has 0 fully saturated rings. The molecule has 4 heteroatoms. The third-order valence-corrected chi connectivity index (χ3v) is 10.0. The van der Waals surface area contributed by atoms with Crippen molar-refractivity contribution >= 4 is 47.5 Å². The van der Waals surface area contributed by atoms with Gasteiger partial charge in [-0.3, -0.25) is 4.99 Å². The van der Waals surface area contributed by atoms with Crippen molar-refractivity contribution in [2.24, 2.45) is 4.99 Å². The Hall–Kier alpha value is -3.65. The highest BCUT2D eigenvalue weighted by Gasteiger charge is 2.21. The molecule has 0 N–H and O–H groups in total. The van der Waals surface area contributed by atoms with Crippen molar-refractivity contribution in [2.45, 2.75) is 30.4 Å². The maximum atomic E-state index is 5.86. The molecule has 2 nitrogen and oxygen atoms in total. The molecule has 0 aliphatic carbocycles. The zero-order valence-electron chi connectivity index (χ0n) is 23.4. The molecule has 0 heterocycles. The third-order valence-electron chi connectivity index (χ3n) is 6.35. The summed E-state index contributed by atoms with van der Waals surface area (Å²) in [6, 6.07) is 44.9. The molecule has 0 aromatic heterocycles. The Bertz CT molecular complexity index is 1550. The van der Waals surface area contributed by atoms with Crippen molar-refractivity contribution in [3.63, 3.8) is 0 Å². The first kappa shape index (κ1) is 27.9. The van der Waals surface area contributed by atoms with E-state index in [9.17, 15) is 0 Å². The van der Waals surface area contributed by atoms with Crippen LogP contribution in [0.5, 0.6) is 5.75 Å². The minimum atomic E-state index is -0.742. The molecular formula is C36H34NOPS. The predicted octanol–water partition coefficient (Wildman–Crippen LogP) is 8.76. The van der Waals surface area contributed by atoms with Crippen LogP contribution in [0.4, 0.5) is 5.69 Å². The predicted molar refractivity (Wildman–Crippen MR) is 176 cm³/mol. The molecule has 40 heavy (non-hydrogen) atoms. The van der Waals surface area contributed by atoms with Crippen LogP contribution in [-0.2, 0) is 0 Å². The summed E-state index contributed by atoms with van der Waals surface area (Å²) in [7, 11) is 0.996. The van der Waals surface area contributed by atoms with Crippen LogP contribution < -0.4 is 20.7 Å². The lowest BCUT2D eigenvalue weighted by Gasteiger charge is -2.22. The minimum Gasteiger partial charge on any atom is -0.496 e. The zero-order chi connectivity index (χ0) is 28.0. The summed E-state index contributed by atoms with van der Waals surface area (Å²) in [6.45, 7) is 6.71. The molecule has 5 rings (SSSR count). The van der Waals surface area contributed by atoms with E-state index in [0.29, 0.717) is 0 Å². The second-order valence-electron chi connectivity index (χ2n) is 10.4. The maximum absolute atomic E-state index is 5.86. The van der Waals surface area contributed by atoms with E-state index in [1.54, 1.807) is 7.11 Å². The van der Waals surface area contributed by atoms with E-state index < -0.39 is 7.92 Å². The Balaban J connectivity index is 1.61. The van der Waals surface area contributed by atoms with E-state index in [4.69, 9.17) is 9.73 Å². The van der Waals surface area contributed by atoms with E-state index in [1.807, 2.05) is 24.0 Å². The van der Waals surface area contributed by atoms with Crippen LogP contribution in [0.1, 0.15) is 26.3 Å². The van der Waals surface area contributed by atoms with Gasteiger partial charge >= 0.3 is 0 Å². The van der Waals surface area contributed by atoms with Crippen molar-refractivity contribution in [1.29, 1.82) is 0 Å². The van der Waals surface area contributed by atoms with Crippen LogP contribution >= 0.6 is 19.7 Å². The highest BCUT2D eigenvalue weighted by molar-refractivity contribution is 8.00. The van der Waals surface area contributed by atoms with Crippen molar-refractivity contribution < 1.29 is 4.74 Å². The van der Waals surface area contributed by atoms with Gasteiger partial charge in [0.15, 0.2) is 0 Å². The molecule has 5 aromatic carbocycles. The highest BCUT2D eigenvalue weighted by Crippen LogP contribution is 2.46. The van der Waals surface area contributed by atoms with E-state index in [2.05, 4.69) is 142 Å². The van der Waals surface area contributed by atoms with Gasteiger partial charge in [-0.25, -0.2) is 0 Å². The Labute approximate surface area is 243 Å². The molecular weight excluding hydrogens is 525 g/mol. The van der Waals surface area contributed by atoms with Gasteiger partial charge in [0.25, 0.3) is 0 Å². The second-order valence-corrected chi connectivity index (χ2v) is 14.4. The van der Waals surface area contributed by atoms with Crippen LogP contribution in [-0.4, -0.2) is 18.1 Å². The lowest BCUT2D eigenvalue weighted by atomic mass is 10.0. The number of hydrogen-bond donors (Lipinski definition) is 0. The van der Waals surface area contributed by atoms with E-state index >= 15 is 0 Å². The van der Waals surface area contributed by atoms with Crippen molar-refractivity contribution in [3.05, 3.63) is 133 Å². The smallest absolute Gasteiger partial charge is 0.127 e. The molecule has 5 aromatic rings. The van der Waals surface area contributed by atoms with Crippen molar-refractivity contribution in [1.82, 2.24) is 0 Å². The first-order valence-electron chi connectivity index (χ1n) is 13.4. The number of para-hydroxylation sites is 1. The summed E-state index contributed by atoms with van der Waals surface area (Å²) in [6.07, 6.45) is 2.03. The Kier molecular flexibility index (Phi) is 8.85. The Morgan fingerprint density at radius 2 is 1.27 bits per heavy atom. The number of benzene rings is 5. The third kappa shape index (κ3) is 6.55. The normalized spacial score (nSPS) is 11.7. The largest absolute Gasteiger partial charge is 0.496 e. The van der Waals surface area contributed by atoms with Crippen LogP contribution in [0.25, 0.3) is 11.1 Å². The fourth-order valence-electron chi connectivity index (χ4n) is 4.68. The SMILES string of the molecule is COc1cccc(SC(C)(C)C)c1-c1ccccc1N=Cc1ccccc1P(c1ccccc1)c1ccccc1. The van der Waals surface area contributed by atoms with Crippen LogP contribution in [0, 0.1) is 0 Å². The van der Waals surface area contributed by atoms with Gasteiger partial charge in [-0.15, -0.1) is 11.8 Å². The number of hydrogen-bond acceptors (Lipinski definition) is 3. The number of nitrogens with zero attached hydrogens (tertiary/aromatic N) is 1. The number of rotatable bonds is 8. The maximum Gasteiger partial charge on any atom is 0.127 e. The van der Waals surface area contributed by atoms with Crippen LogP contribution in [0.2, 0.25) is 0 Å². The summed E-state index contributed by atoms with van der Waals surface area (Å²) in [5.41, 5.74) is 4.19. The molecule has 0 atom stereocenters. The minimum absolute atomic E-state index is 0.0598. The van der Waals surface area contributed by atoms with E-state index in [0.717, 1.165) is 28.1 Å². The first-order chi connectivity index (χ1) is 19.4. The average molecular weight is 560 g/mol. The van der Waals surface area contributed by atoms with Crippen LogP contribution in [0.15, 0.2) is 137 Å². The zero-order valence-corrected chi connectivity index (χ0v) is 25.1. The fourth-order valence-corrected chi connectivity index (χ4v) is 8.22. The number of thioether (sulfide) groups is 1. The van der Waals surface area contributed by atoms with Gasteiger partial charge in [0, 0.05) is 32.5 Å². The summed E-state index contributed by atoms with van der Waals surface area (Å²) >= 11 is 1.85. The summed E-state index contributed by atoms with van der Waals surface area (Å²) in [5, 5.41) is 3.93. The van der Waals surface area contributed by atoms with Crippen molar-refractivity contribution in [3.8, 4) is 16.9 Å². The summed E-state index contributed by atoms with van der Waals surface area (Å²) < 4.78 is 5.92. The molecule has 200 valence electrons. The summed E-state index contributed by atoms with van der Waals surface area (Å²) in [5.74, 6) is 0.856. The molecule has 0 saturated heterocycles. The number of aliphatic imine (C=N–C) groups is 1. The molecule has 0 saturated carbocycles. The van der Waals surface area contributed by atoms with Gasteiger partial charge in [0.2, 0.25) is 0 Å². The van der Waals surface area contributed by atoms with Gasteiger partial charge in [0.05, 0.1) is 12.8 Å². The fraction of sp³-hybridized carbons (Fsp3) is 0.139. The molecule has 0 aliphatic heterocycles. The number of ether oxygens (including phenoxy) is 1.